The molecular formula is C18H29NO2. The highest BCUT2D eigenvalue weighted by molar-refractivity contribution is 5.97. The zero-order valence-corrected chi connectivity index (χ0v) is 13.3. The third-order valence-corrected chi connectivity index (χ3v) is 3.61. The first-order valence-electron chi connectivity index (χ1n) is 8.24. The molecule has 0 unspecified atom stereocenters. The molecule has 0 radical (unpaired) electrons. The number of Topliss-reactive ketones (excluding diaryl/α,β-unsaturated/α-hetero) is 1. The molecule has 2 N–H and O–H groups in total. The van der Waals surface area contributed by atoms with Crippen molar-refractivity contribution in [3.63, 3.8) is 0 Å². The molecule has 0 amide bonds. The van der Waals surface area contributed by atoms with Crippen molar-refractivity contribution in [2.75, 3.05) is 13.2 Å². The number of hydrogen-bond donors (Lipinski definition) is 1. The molecule has 0 aliphatic rings. The van der Waals surface area contributed by atoms with Crippen molar-refractivity contribution in [3.8, 4) is 5.75 Å². The van der Waals surface area contributed by atoms with Gasteiger partial charge in [-0.15, -0.1) is 0 Å². The summed E-state index contributed by atoms with van der Waals surface area (Å²) in [4.78, 5) is 11.5. The third kappa shape index (κ3) is 7.86. The Hall–Kier alpha value is -1.35. The summed E-state index contributed by atoms with van der Waals surface area (Å²) >= 11 is 0. The molecule has 0 saturated heterocycles. The van der Waals surface area contributed by atoms with E-state index in [9.17, 15) is 4.79 Å². The fraction of sp³-hybridized carbons (Fsp3) is 0.611. The van der Waals surface area contributed by atoms with E-state index < -0.39 is 0 Å². The molecule has 0 aliphatic heterocycles. The van der Waals surface area contributed by atoms with Crippen LogP contribution in [0, 0.1) is 0 Å². The molecule has 0 heterocycles. The Morgan fingerprint density at radius 1 is 1.05 bits per heavy atom. The predicted molar refractivity (Wildman–Crippen MR) is 87.9 cm³/mol. The van der Waals surface area contributed by atoms with E-state index >= 15 is 0 Å². The van der Waals surface area contributed by atoms with Gasteiger partial charge in [0.05, 0.1) is 13.2 Å². The summed E-state index contributed by atoms with van der Waals surface area (Å²) in [5, 5.41) is 0. The molecule has 1 aromatic rings. The van der Waals surface area contributed by atoms with E-state index in [1.54, 1.807) is 12.1 Å². The number of carbonyl (C=O) groups excluding carboxylic acids is 1. The molecule has 0 bridgehead atoms. The maximum absolute atomic E-state index is 11.5. The van der Waals surface area contributed by atoms with Gasteiger partial charge in [0.2, 0.25) is 0 Å². The lowest BCUT2D eigenvalue weighted by molar-refractivity contribution is 0.100. The fourth-order valence-electron chi connectivity index (χ4n) is 2.30. The van der Waals surface area contributed by atoms with Crippen LogP contribution in [0.25, 0.3) is 0 Å². The van der Waals surface area contributed by atoms with Gasteiger partial charge in [-0.25, -0.2) is 0 Å². The number of ether oxygens (including phenoxy) is 1. The van der Waals surface area contributed by atoms with Crippen molar-refractivity contribution in [2.45, 2.75) is 58.3 Å². The number of nitrogens with two attached hydrogens (primary N) is 1. The second-order valence-electron chi connectivity index (χ2n) is 5.48. The van der Waals surface area contributed by atoms with Gasteiger partial charge in [-0.05, 0) is 18.6 Å². The SMILES string of the molecule is CCCCCCCCCCOc1cccc(C(=O)CN)c1. The Bertz CT molecular complexity index is 404. The van der Waals surface area contributed by atoms with E-state index in [4.69, 9.17) is 10.5 Å². The summed E-state index contributed by atoms with van der Waals surface area (Å²) in [5.41, 5.74) is 5.99. The zero-order valence-electron chi connectivity index (χ0n) is 13.3. The molecule has 0 aromatic heterocycles. The first kappa shape index (κ1) is 17.7. The zero-order chi connectivity index (χ0) is 15.3. The van der Waals surface area contributed by atoms with Gasteiger partial charge in [-0.3, -0.25) is 4.79 Å². The van der Waals surface area contributed by atoms with E-state index in [1.165, 1.54) is 44.9 Å². The van der Waals surface area contributed by atoms with Gasteiger partial charge in [-0.2, -0.15) is 0 Å². The van der Waals surface area contributed by atoms with Crippen molar-refractivity contribution in [1.29, 1.82) is 0 Å². The average Bonchev–Trinajstić information content (AvgIpc) is 2.53. The summed E-state index contributed by atoms with van der Waals surface area (Å²) in [6.07, 6.45) is 10.3. The molecule has 21 heavy (non-hydrogen) atoms. The van der Waals surface area contributed by atoms with E-state index in [0.717, 1.165) is 18.8 Å². The van der Waals surface area contributed by atoms with Crippen LogP contribution in [0.2, 0.25) is 0 Å². The summed E-state index contributed by atoms with van der Waals surface area (Å²) in [5.74, 6) is 0.713. The summed E-state index contributed by atoms with van der Waals surface area (Å²) < 4.78 is 5.69. The van der Waals surface area contributed by atoms with Crippen LogP contribution in [0.3, 0.4) is 0 Å². The fourth-order valence-corrected chi connectivity index (χ4v) is 2.30. The van der Waals surface area contributed by atoms with Crippen LogP contribution in [-0.2, 0) is 0 Å². The number of unbranched alkanes of at least 4 members (excludes halogenated alkanes) is 7. The Balaban J connectivity index is 2.11. The van der Waals surface area contributed by atoms with Crippen LogP contribution < -0.4 is 10.5 Å². The maximum atomic E-state index is 11.5. The van der Waals surface area contributed by atoms with E-state index in [0.29, 0.717) is 5.56 Å². The Labute approximate surface area is 128 Å². The van der Waals surface area contributed by atoms with Crippen molar-refractivity contribution in [2.24, 2.45) is 5.73 Å². The highest BCUT2D eigenvalue weighted by atomic mass is 16.5. The van der Waals surface area contributed by atoms with Gasteiger partial charge < -0.3 is 10.5 Å². The molecule has 1 aromatic carbocycles. The highest BCUT2D eigenvalue weighted by Crippen LogP contribution is 2.15. The van der Waals surface area contributed by atoms with E-state index in [1.807, 2.05) is 12.1 Å². The molecule has 3 nitrogen and oxygen atoms in total. The van der Waals surface area contributed by atoms with E-state index in [2.05, 4.69) is 6.92 Å². The summed E-state index contributed by atoms with van der Waals surface area (Å²) in [6.45, 7) is 3.00. The summed E-state index contributed by atoms with van der Waals surface area (Å²) in [7, 11) is 0. The molecule has 0 atom stereocenters. The number of ketones is 1. The van der Waals surface area contributed by atoms with Crippen molar-refractivity contribution in [1.82, 2.24) is 0 Å². The van der Waals surface area contributed by atoms with Crippen molar-refractivity contribution >= 4 is 5.78 Å². The van der Waals surface area contributed by atoms with Gasteiger partial charge in [0.1, 0.15) is 5.75 Å². The molecule has 0 saturated carbocycles. The smallest absolute Gasteiger partial charge is 0.176 e. The number of rotatable bonds is 12. The lowest BCUT2D eigenvalue weighted by Gasteiger charge is -2.07. The number of hydrogen-bond acceptors (Lipinski definition) is 3. The quantitative estimate of drug-likeness (QED) is 0.460. The van der Waals surface area contributed by atoms with Crippen molar-refractivity contribution < 1.29 is 9.53 Å². The molecule has 0 aliphatic carbocycles. The van der Waals surface area contributed by atoms with Gasteiger partial charge in [0.25, 0.3) is 0 Å². The average molecular weight is 291 g/mol. The normalized spacial score (nSPS) is 10.6. The molecule has 3 heteroatoms. The van der Waals surface area contributed by atoms with Crippen molar-refractivity contribution in [3.05, 3.63) is 29.8 Å². The minimum absolute atomic E-state index is 0.0431. The Morgan fingerprint density at radius 3 is 2.38 bits per heavy atom. The molecule has 0 fully saturated rings. The monoisotopic (exact) mass is 291 g/mol. The Morgan fingerprint density at radius 2 is 1.71 bits per heavy atom. The second-order valence-corrected chi connectivity index (χ2v) is 5.48. The van der Waals surface area contributed by atoms with Crippen LogP contribution in [-0.4, -0.2) is 18.9 Å². The molecule has 1 rings (SSSR count). The Kier molecular flexibility index (Phi) is 9.55. The molecule has 0 spiro atoms. The van der Waals surface area contributed by atoms with Gasteiger partial charge in [0.15, 0.2) is 5.78 Å². The van der Waals surface area contributed by atoms with Crippen LogP contribution >= 0.6 is 0 Å². The standard InChI is InChI=1S/C18H29NO2/c1-2-3-4-5-6-7-8-9-13-21-17-12-10-11-16(14-17)18(20)15-19/h10-12,14H,2-9,13,15,19H2,1H3. The topological polar surface area (TPSA) is 52.3 Å². The first-order chi connectivity index (χ1) is 10.3. The van der Waals surface area contributed by atoms with Gasteiger partial charge >= 0.3 is 0 Å². The highest BCUT2D eigenvalue weighted by Gasteiger charge is 2.04. The van der Waals surface area contributed by atoms with Crippen LogP contribution in [0.4, 0.5) is 0 Å². The largest absolute Gasteiger partial charge is 0.494 e. The van der Waals surface area contributed by atoms with Gasteiger partial charge in [-0.1, -0.05) is 64.0 Å². The number of carbonyl (C=O) groups is 1. The molecule has 118 valence electrons. The second kappa shape index (κ2) is 11.3. The summed E-state index contributed by atoms with van der Waals surface area (Å²) in [6, 6.07) is 7.28. The van der Waals surface area contributed by atoms with Gasteiger partial charge in [0, 0.05) is 5.56 Å². The van der Waals surface area contributed by atoms with Crippen LogP contribution in [0.15, 0.2) is 24.3 Å². The minimum Gasteiger partial charge on any atom is -0.494 e. The first-order valence-corrected chi connectivity index (χ1v) is 8.24. The lowest BCUT2D eigenvalue weighted by atomic mass is 10.1. The van der Waals surface area contributed by atoms with E-state index in [-0.39, 0.29) is 12.3 Å². The number of benzene rings is 1. The maximum Gasteiger partial charge on any atom is 0.176 e. The minimum atomic E-state index is -0.0486. The predicted octanol–water partition coefficient (Wildman–Crippen LogP) is 4.35. The van der Waals surface area contributed by atoms with Crippen LogP contribution in [0.1, 0.15) is 68.6 Å². The lowest BCUT2D eigenvalue weighted by Crippen LogP contribution is -2.13. The third-order valence-electron chi connectivity index (χ3n) is 3.61. The van der Waals surface area contributed by atoms with Crippen LogP contribution in [0.5, 0.6) is 5.75 Å². The molecular weight excluding hydrogens is 262 g/mol.